The van der Waals surface area contributed by atoms with Crippen LogP contribution in [0.3, 0.4) is 0 Å². The Labute approximate surface area is 152 Å². The average molecular weight is 364 g/mol. The number of rotatable bonds is 6. The first kappa shape index (κ1) is 19.4. The normalized spacial score (nSPS) is 16.7. The second kappa shape index (κ2) is 6.75. The highest BCUT2D eigenvalue weighted by molar-refractivity contribution is 6.23. The number of nitrogens with zero attached hydrogens (tertiary/aromatic N) is 1. The molecule has 134 valence electrons. The first-order valence-corrected chi connectivity index (χ1v) is 8.22. The van der Waals surface area contributed by atoms with E-state index in [9.17, 15) is 15.1 Å². The van der Waals surface area contributed by atoms with Crippen LogP contribution in [-0.2, 0) is 10.3 Å². The lowest BCUT2D eigenvalue weighted by Crippen LogP contribution is -2.50. The third kappa shape index (κ3) is 4.00. The lowest BCUT2D eigenvalue weighted by atomic mass is 9.86. The summed E-state index contributed by atoms with van der Waals surface area (Å²) >= 11 is 6.50. The fourth-order valence-electron chi connectivity index (χ4n) is 2.41. The van der Waals surface area contributed by atoms with E-state index in [-0.39, 0.29) is 5.75 Å². The third-order valence-corrected chi connectivity index (χ3v) is 4.97. The van der Waals surface area contributed by atoms with Gasteiger partial charge in [-0.05, 0) is 68.3 Å². The van der Waals surface area contributed by atoms with Crippen LogP contribution in [0.5, 0.6) is 5.75 Å². The number of benzene rings is 2. The third-order valence-electron chi connectivity index (χ3n) is 4.43. The van der Waals surface area contributed by atoms with Crippen LogP contribution < -0.4 is 0 Å². The van der Waals surface area contributed by atoms with Crippen LogP contribution in [0.4, 0.5) is 5.69 Å². The molecule has 2 rings (SSSR count). The minimum Gasteiger partial charge on any atom is -0.508 e. The molecular weight excluding hydrogens is 342 g/mol. The highest BCUT2D eigenvalue weighted by Gasteiger charge is 2.46. The van der Waals surface area contributed by atoms with Crippen LogP contribution in [0.1, 0.15) is 38.8 Å². The smallest absolute Gasteiger partial charge is 0.168 e. The molecule has 0 aromatic heterocycles. The molecule has 0 bridgehead atoms. The van der Waals surface area contributed by atoms with Gasteiger partial charge in [0, 0.05) is 0 Å². The Morgan fingerprint density at radius 1 is 0.920 bits per heavy atom. The molecule has 0 heterocycles. The van der Waals surface area contributed by atoms with Gasteiger partial charge < -0.3 is 14.9 Å². The maximum atomic E-state index is 10.7. The fraction of sp³-hybridized carbons (Fsp3) is 0.368. The Hall–Kier alpha value is -1.95. The van der Waals surface area contributed by atoms with E-state index in [1.165, 1.54) is 0 Å². The van der Waals surface area contributed by atoms with Gasteiger partial charge in [0.1, 0.15) is 22.6 Å². The van der Waals surface area contributed by atoms with Crippen molar-refractivity contribution < 1.29 is 14.9 Å². The van der Waals surface area contributed by atoms with E-state index < -0.39 is 16.3 Å². The van der Waals surface area contributed by atoms with E-state index in [2.05, 4.69) is 5.18 Å². The summed E-state index contributed by atoms with van der Waals surface area (Å²) in [5, 5.41) is 21.4. The van der Waals surface area contributed by atoms with Gasteiger partial charge >= 0.3 is 0 Å². The van der Waals surface area contributed by atoms with Crippen molar-refractivity contribution in [2.75, 3.05) is 0 Å². The second-order valence-corrected chi connectivity index (χ2v) is 7.52. The Bertz CT molecular complexity index is 736. The maximum Gasteiger partial charge on any atom is 0.168 e. The van der Waals surface area contributed by atoms with Gasteiger partial charge in [0.15, 0.2) is 5.06 Å². The number of aromatic hydroxyl groups is 1. The molecule has 2 N–H and O–H groups in total. The topological polar surface area (TPSA) is 79.1 Å². The fourth-order valence-corrected chi connectivity index (χ4v) is 2.57. The van der Waals surface area contributed by atoms with Gasteiger partial charge in [-0.15, -0.1) is 4.91 Å². The van der Waals surface area contributed by atoms with Crippen molar-refractivity contribution in [3.63, 3.8) is 0 Å². The summed E-state index contributed by atoms with van der Waals surface area (Å²) in [5.41, 5.74) is -0.606. The lowest BCUT2D eigenvalue weighted by molar-refractivity contribution is -0.163. The molecule has 2 unspecified atom stereocenters. The highest BCUT2D eigenvalue weighted by atomic mass is 35.5. The van der Waals surface area contributed by atoms with Gasteiger partial charge in [0.2, 0.25) is 0 Å². The predicted octanol–water partition coefficient (Wildman–Crippen LogP) is 4.80. The van der Waals surface area contributed by atoms with Crippen molar-refractivity contribution in [3.05, 3.63) is 64.6 Å². The molecule has 2 aromatic rings. The summed E-state index contributed by atoms with van der Waals surface area (Å²) in [5.74, 6) is 0.128. The number of hydrogen-bond acceptors (Lipinski definition) is 5. The maximum absolute atomic E-state index is 10.7. The number of ether oxygens (including phenoxy) is 1. The van der Waals surface area contributed by atoms with E-state index in [4.69, 9.17) is 16.3 Å². The van der Waals surface area contributed by atoms with Gasteiger partial charge in [0.05, 0.1) is 0 Å². The van der Waals surface area contributed by atoms with Crippen LogP contribution in [0.25, 0.3) is 0 Å². The summed E-state index contributed by atoms with van der Waals surface area (Å²) in [7, 11) is 0. The molecule has 6 heteroatoms. The summed E-state index contributed by atoms with van der Waals surface area (Å²) in [6.07, 6.45) is 0. The molecule has 0 amide bonds. The first-order valence-electron chi connectivity index (χ1n) is 7.84. The number of alkyl halides is 1. The van der Waals surface area contributed by atoms with E-state index in [1.807, 2.05) is 6.92 Å². The number of phenolic OH excluding ortho intramolecular Hbond substituents is 1. The zero-order valence-corrected chi connectivity index (χ0v) is 15.4. The minimum atomic E-state index is -1.40. The summed E-state index contributed by atoms with van der Waals surface area (Å²) < 4.78 is 6.20. The van der Waals surface area contributed by atoms with Crippen molar-refractivity contribution in [1.29, 1.82) is 0 Å². The molecule has 0 fully saturated rings. The van der Waals surface area contributed by atoms with Crippen LogP contribution in [0.2, 0.25) is 0 Å². The molecule has 25 heavy (non-hydrogen) atoms. The molecule has 0 aliphatic heterocycles. The Morgan fingerprint density at radius 3 is 1.76 bits per heavy atom. The van der Waals surface area contributed by atoms with Gasteiger partial charge in [-0.2, -0.15) is 0 Å². The number of aliphatic hydroxyl groups is 1. The van der Waals surface area contributed by atoms with E-state index >= 15 is 0 Å². The summed E-state index contributed by atoms with van der Waals surface area (Å²) in [4.78, 5) is 10.7. The van der Waals surface area contributed by atoms with Gasteiger partial charge in [0.25, 0.3) is 0 Å². The largest absolute Gasteiger partial charge is 0.508 e. The molecule has 0 radical (unpaired) electrons. The molecule has 0 aliphatic carbocycles. The van der Waals surface area contributed by atoms with Crippen LogP contribution in [-0.4, -0.2) is 20.9 Å². The number of phenols is 1. The monoisotopic (exact) mass is 363 g/mol. The summed E-state index contributed by atoms with van der Waals surface area (Å²) in [6.45, 7) is 6.54. The SMILES string of the molecule is CC(OC(C)(Cl)C(C)(C)O)(c1ccc(O)cc1)c1ccc(N=O)cc1. The molecule has 2 atom stereocenters. The lowest BCUT2D eigenvalue weighted by Gasteiger charge is -2.43. The van der Waals surface area contributed by atoms with Gasteiger partial charge in [-0.1, -0.05) is 35.9 Å². The highest BCUT2D eigenvalue weighted by Crippen LogP contribution is 2.43. The molecule has 5 nitrogen and oxygen atoms in total. The minimum absolute atomic E-state index is 0.128. The van der Waals surface area contributed by atoms with Crippen molar-refractivity contribution >= 4 is 17.3 Å². The Morgan fingerprint density at radius 2 is 1.36 bits per heavy atom. The molecule has 0 saturated heterocycles. The molecule has 0 spiro atoms. The quantitative estimate of drug-likeness (QED) is 0.571. The first-order chi connectivity index (χ1) is 11.5. The predicted molar refractivity (Wildman–Crippen MR) is 98.1 cm³/mol. The standard InChI is InChI=1S/C19H22ClNO4/c1-17(2,23)19(4,20)25-18(3,14-7-11-16(22)12-8-14)13-5-9-15(21-24)10-6-13/h5-12,22-23H,1-4H3. The van der Waals surface area contributed by atoms with E-state index in [1.54, 1.807) is 69.3 Å². The van der Waals surface area contributed by atoms with Crippen molar-refractivity contribution in [3.8, 4) is 5.75 Å². The molecule has 2 aromatic carbocycles. The molecular formula is C19H22ClNO4. The van der Waals surface area contributed by atoms with Crippen molar-refractivity contribution in [2.45, 2.75) is 44.0 Å². The van der Waals surface area contributed by atoms with Crippen molar-refractivity contribution in [1.82, 2.24) is 0 Å². The van der Waals surface area contributed by atoms with E-state index in [0.29, 0.717) is 5.69 Å². The number of hydrogen-bond donors (Lipinski definition) is 2. The van der Waals surface area contributed by atoms with Crippen LogP contribution in [0.15, 0.2) is 53.7 Å². The van der Waals surface area contributed by atoms with Crippen LogP contribution in [0, 0.1) is 4.91 Å². The van der Waals surface area contributed by atoms with Gasteiger partial charge in [-0.3, -0.25) is 0 Å². The number of halogens is 1. The van der Waals surface area contributed by atoms with Crippen molar-refractivity contribution in [2.24, 2.45) is 5.18 Å². The number of nitroso groups, excluding NO2 is 1. The van der Waals surface area contributed by atoms with Crippen LogP contribution >= 0.6 is 11.6 Å². The second-order valence-electron chi connectivity index (χ2n) is 6.80. The molecule has 0 saturated carbocycles. The Balaban J connectivity index is 2.57. The molecule has 0 aliphatic rings. The average Bonchev–Trinajstić information content (AvgIpc) is 2.54. The zero-order valence-electron chi connectivity index (χ0n) is 14.7. The van der Waals surface area contributed by atoms with E-state index in [0.717, 1.165) is 11.1 Å². The Kier molecular flexibility index (Phi) is 5.23. The summed E-state index contributed by atoms with van der Waals surface area (Å²) in [6, 6.07) is 13.2. The zero-order chi connectivity index (χ0) is 18.9. The van der Waals surface area contributed by atoms with Gasteiger partial charge in [-0.25, -0.2) is 0 Å².